The highest BCUT2D eigenvalue weighted by molar-refractivity contribution is 7.15. The normalized spacial score (nSPS) is 17.2. The molecule has 0 bridgehead atoms. The maximum atomic E-state index is 12.2. The van der Waals surface area contributed by atoms with Crippen LogP contribution in [-0.2, 0) is 4.74 Å². The van der Waals surface area contributed by atoms with Gasteiger partial charge in [0.05, 0.1) is 11.8 Å². The molecule has 2 heterocycles. The van der Waals surface area contributed by atoms with Crippen LogP contribution in [0.4, 0.5) is 5.13 Å². The molecule has 3 rings (SSSR count). The fraction of sp³-hybridized carbons (Fsp3) is 0.412. The van der Waals surface area contributed by atoms with Crippen molar-refractivity contribution in [1.82, 2.24) is 4.98 Å². The van der Waals surface area contributed by atoms with E-state index >= 15 is 0 Å². The summed E-state index contributed by atoms with van der Waals surface area (Å²) in [4.78, 5) is 17.6. The van der Waals surface area contributed by atoms with Gasteiger partial charge in [-0.2, -0.15) is 0 Å². The lowest BCUT2D eigenvalue weighted by molar-refractivity contribution is 0.0679. The zero-order valence-electron chi connectivity index (χ0n) is 13.3. The molecule has 1 N–H and O–H groups in total. The predicted molar refractivity (Wildman–Crippen MR) is 90.5 cm³/mol. The number of ether oxygens (including phenoxy) is 2. The van der Waals surface area contributed by atoms with Gasteiger partial charge in [0.2, 0.25) is 0 Å². The van der Waals surface area contributed by atoms with Crippen molar-refractivity contribution in [1.29, 1.82) is 0 Å². The van der Waals surface area contributed by atoms with Crippen LogP contribution in [-0.4, -0.2) is 30.2 Å². The summed E-state index contributed by atoms with van der Waals surface area (Å²) in [6.07, 6.45) is 2.34. The fourth-order valence-electron chi connectivity index (χ4n) is 2.36. The van der Waals surface area contributed by atoms with Gasteiger partial charge in [0.25, 0.3) is 5.91 Å². The fourth-order valence-corrected chi connectivity index (χ4v) is 3.17. The maximum absolute atomic E-state index is 12.2. The monoisotopic (exact) mass is 332 g/mol. The van der Waals surface area contributed by atoms with Crippen molar-refractivity contribution >= 4 is 22.4 Å². The molecule has 1 unspecified atom stereocenters. The summed E-state index contributed by atoms with van der Waals surface area (Å²) < 4.78 is 11.2. The number of hydrogen-bond acceptors (Lipinski definition) is 5. The SMILES string of the molecule is Cc1nc(NC(=O)c2ccc(OCC3CCCO3)cc2)sc1C. The third kappa shape index (κ3) is 4.09. The third-order valence-electron chi connectivity index (χ3n) is 3.83. The minimum absolute atomic E-state index is 0.163. The van der Waals surface area contributed by atoms with E-state index in [4.69, 9.17) is 9.47 Å². The second-order valence-electron chi connectivity index (χ2n) is 5.59. The van der Waals surface area contributed by atoms with Crippen LogP contribution >= 0.6 is 11.3 Å². The van der Waals surface area contributed by atoms with E-state index in [1.807, 2.05) is 26.0 Å². The van der Waals surface area contributed by atoms with Gasteiger partial charge < -0.3 is 9.47 Å². The van der Waals surface area contributed by atoms with Crippen LogP contribution < -0.4 is 10.1 Å². The lowest BCUT2D eigenvalue weighted by atomic mass is 10.2. The van der Waals surface area contributed by atoms with Crippen molar-refractivity contribution in [3.8, 4) is 5.75 Å². The maximum Gasteiger partial charge on any atom is 0.257 e. The number of amides is 1. The number of thiazole rings is 1. The highest BCUT2D eigenvalue weighted by Gasteiger charge is 2.16. The first-order chi connectivity index (χ1) is 11.1. The Labute approximate surface area is 139 Å². The standard InChI is InChI=1S/C17H20N2O3S/c1-11-12(2)23-17(18-11)19-16(20)13-5-7-14(8-6-13)22-10-15-4-3-9-21-15/h5-8,15H,3-4,9-10H2,1-2H3,(H,18,19,20). The van der Waals surface area contributed by atoms with Gasteiger partial charge in [-0.3, -0.25) is 10.1 Å². The molecule has 1 fully saturated rings. The molecule has 0 saturated carbocycles. The second-order valence-corrected chi connectivity index (χ2v) is 6.79. The average Bonchev–Trinajstić information content (AvgIpc) is 3.16. The Hall–Kier alpha value is -1.92. The topological polar surface area (TPSA) is 60.5 Å². The predicted octanol–water partition coefficient (Wildman–Crippen LogP) is 3.57. The molecule has 5 nitrogen and oxygen atoms in total. The van der Waals surface area contributed by atoms with Gasteiger partial charge >= 0.3 is 0 Å². The highest BCUT2D eigenvalue weighted by Crippen LogP contribution is 2.22. The zero-order chi connectivity index (χ0) is 16.2. The number of nitrogens with zero attached hydrogens (tertiary/aromatic N) is 1. The lowest BCUT2D eigenvalue weighted by Gasteiger charge is -2.11. The molecule has 0 radical (unpaired) electrons. The Morgan fingerprint density at radius 2 is 2.17 bits per heavy atom. The van der Waals surface area contributed by atoms with E-state index < -0.39 is 0 Å². The lowest BCUT2D eigenvalue weighted by Crippen LogP contribution is -2.16. The van der Waals surface area contributed by atoms with Crippen LogP contribution in [0.3, 0.4) is 0 Å². The molecule has 1 aliphatic rings. The van der Waals surface area contributed by atoms with Gasteiger partial charge in [0.1, 0.15) is 12.4 Å². The summed E-state index contributed by atoms with van der Waals surface area (Å²) >= 11 is 1.48. The number of carbonyl (C=O) groups excluding carboxylic acids is 1. The van der Waals surface area contributed by atoms with Gasteiger partial charge in [-0.25, -0.2) is 4.98 Å². The van der Waals surface area contributed by atoms with E-state index in [0.29, 0.717) is 17.3 Å². The zero-order valence-corrected chi connectivity index (χ0v) is 14.1. The first kappa shape index (κ1) is 16.0. The van der Waals surface area contributed by atoms with Crippen molar-refractivity contribution in [2.45, 2.75) is 32.8 Å². The number of aromatic nitrogens is 1. The number of anilines is 1. The summed E-state index contributed by atoms with van der Waals surface area (Å²) in [5, 5.41) is 3.45. The molecular weight excluding hydrogens is 312 g/mol. The minimum Gasteiger partial charge on any atom is -0.491 e. The molecule has 122 valence electrons. The van der Waals surface area contributed by atoms with Crippen molar-refractivity contribution in [2.75, 3.05) is 18.5 Å². The van der Waals surface area contributed by atoms with E-state index in [-0.39, 0.29) is 12.0 Å². The number of hydrogen-bond donors (Lipinski definition) is 1. The molecule has 2 aromatic rings. The van der Waals surface area contributed by atoms with E-state index in [2.05, 4.69) is 10.3 Å². The van der Waals surface area contributed by atoms with E-state index in [1.54, 1.807) is 12.1 Å². The number of carbonyl (C=O) groups is 1. The summed E-state index contributed by atoms with van der Waals surface area (Å²) in [5.41, 5.74) is 1.53. The van der Waals surface area contributed by atoms with Gasteiger partial charge in [-0.05, 0) is 51.0 Å². The van der Waals surface area contributed by atoms with Crippen LogP contribution in [0.5, 0.6) is 5.75 Å². The minimum atomic E-state index is -0.163. The number of rotatable bonds is 5. The Bertz CT molecular complexity index is 656. The molecule has 1 saturated heterocycles. The summed E-state index contributed by atoms with van der Waals surface area (Å²) in [7, 11) is 0. The van der Waals surface area contributed by atoms with Crippen LogP contribution in [0.25, 0.3) is 0 Å². The van der Waals surface area contributed by atoms with Crippen LogP contribution in [0.2, 0.25) is 0 Å². The molecule has 1 atom stereocenters. The quantitative estimate of drug-likeness (QED) is 0.909. The third-order valence-corrected chi connectivity index (χ3v) is 4.81. The smallest absolute Gasteiger partial charge is 0.257 e. The van der Waals surface area contributed by atoms with Crippen molar-refractivity contribution in [2.24, 2.45) is 0 Å². The van der Waals surface area contributed by atoms with Gasteiger partial charge in [0.15, 0.2) is 5.13 Å². The van der Waals surface area contributed by atoms with Gasteiger partial charge in [0, 0.05) is 17.0 Å². The van der Waals surface area contributed by atoms with Gasteiger partial charge in [-0.1, -0.05) is 0 Å². The van der Waals surface area contributed by atoms with Crippen molar-refractivity contribution < 1.29 is 14.3 Å². The van der Waals surface area contributed by atoms with Crippen LogP contribution in [0, 0.1) is 13.8 Å². The van der Waals surface area contributed by atoms with Gasteiger partial charge in [-0.15, -0.1) is 11.3 Å². The first-order valence-corrected chi connectivity index (χ1v) is 8.53. The summed E-state index contributed by atoms with van der Waals surface area (Å²) in [6.45, 7) is 5.30. The van der Waals surface area contributed by atoms with E-state index in [9.17, 15) is 4.79 Å². The molecule has 23 heavy (non-hydrogen) atoms. The Kier molecular flexibility index (Phi) is 4.93. The molecule has 0 spiro atoms. The van der Waals surface area contributed by atoms with E-state index in [0.717, 1.165) is 35.8 Å². The molecular formula is C17H20N2O3S. The highest BCUT2D eigenvalue weighted by atomic mass is 32.1. The molecule has 1 amide bonds. The summed E-state index contributed by atoms with van der Waals surface area (Å²) in [6, 6.07) is 7.13. The molecule has 1 aliphatic heterocycles. The Balaban J connectivity index is 1.56. The average molecular weight is 332 g/mol. The second kappa shape index (κ2) is 7.10. The van der Waals surface area contributed by atoms with Crippen LogP contribution in [0.1, 0.15) is 33.8 Å². The number of aryl methyl sites for hydroxylation is 2. The molecule has 1 aromatic heterocycles. The summed E-state index contributed by atoms with van der Waals surface area (Å²) in [5.74, 6) is 0.586. The Morgan fingerprint density at radius 3 is 2.78 bits per heavy atom. The van der Waals surface area contributed by atoms with Crippen molar-refractivity contribution in [3.05, 3.63) is 40.4 Å². The number of nitrogens with one attached hydrogen (secondary N) is 1. The van der Waals surface area contributed by atoms with Crippen molar-refractivity contribution in [3.63, 3.8) is 0 Å². The van der Waals surface area contributed by atoms with Crippen LogP contribution in [0.15, 0.2) is 24.3 Å². The molecule has 6 heteroatoms. The molecule has 0 aliphatic carbocycles. The molecule has 1 aromatic carbocycles. The largest absolute Gasteiger partial charge is 0.491 e. The first-order valence-electron chi connectivity index (χ1n) is 7.71. The van der Waals surface area contributed by atoms with E-state index in [1.165, 1.54) is 11.3 Å². The Morgan fingerprint density at radius 1 is 1.39 bits per heavy atom. The number of benzene rings is 1.